The Morgan fingerprint density at radius 3 is 2.38 bits per heavy atom. The number of ether oxygens (including phenoxy) is 1. The number of halogens is 3. The highest BCUT2D eigenvalue weighted by atomic mass is 32.2. The van der Waals surface area contributed by atoms with E-state index in [2.05, 4.69) is 10.3 Å². The van der Waals surface area contributed by atoms with E-state index in [-0.39, 0.29) is 16.4 Å². The lowest BCUT2D eigenvalue weighted by Gasteiger charge is -2.33. The second-order valence-corrected chi connectivity index (χ2v) is 12.2. The van der Waals surface area contributed by atoms with Crippen LogP contribution in [0, 0.1) is 30.3 Å². The maximum absolute atomic E-state index is 15.5. The highest BCUT2D eigenvalue weighted by Crippen LogP contribution is 2.44. The summed E-state index contributed by atoms with van der Waals surface area (Å²) in [5.74, 6) is -3.35. The molecule has 12 heteroatoms. The summed E-state index contributed by atoms with van der Waals surface area (Å²) < 4.78 is 79.8. The van der Waals surface area contributed by atoms with Gasteiger partial charge in [0.15, 0.2) is 9.84 Å². The summed E-state index contributed by atoms with van der Waals surface area (Å²) in [6.07, 6.45) is 3.70. The molecule has 0 aliphatic carbocycles. The molecular weight excluding hydrogens is 543 g/mol. The first-order valence-electron chi connectivity index (χ1n) is 12.8. The van der Waals surface area contributed by atoms with E-state index >= 15 is 8.78 Å². The standard InChI is InChI=1S/C28H26F3N5O3S/c1-15-27(35(2)34-33-15)17-11-22-26(32-14-17)25-21(5-4-6-23(25)40(3,37)38)36(22)28(16-7-9-39-10-8-16)24-19(30)12-18(29)13-20(24)31/h4-6,11-14,16,28H,7-10H2,1-3H3/t28-/m1/s1. The Kier molecular flexibility index (Phi) is 6.42. The van der Waals surface area contributed by atoms with Gasteiger partial charge in [0.05, 0.1) is 38.9 Å². The van der Waals surface area contributed by atoms with Crippen molar-refractivity contribution in [3.63, 3.8) is 0 Å². The number of benzene rings is 2. The normalized spacial score (nSPS) is 15.8. The molecule has 0 spiro atoms. The van der Waals surface area contributed by atoms with Gasteiger partial charge in [0.1, 0.15) is 17.5 Å². The van der Waals surface area contributed by atoms with Crippen molar-refractivity contribution < 1.29 is 26.3 Å². The van der Waals surface area contributed by atoms with Gasteiger partial charge in [0.2, 0.25) is 0 Å². The molecule has 0 saturated carbocycles. The van der Waals surface area contributed by atoms with Crippen LogP contribution < -0.4 is 0 Å². The highest BCUT2D eigenvalue weighted by molar-refractivity contribution is 7.91. The number of fused-ring (bicyclic) bond motifs is 3. The third kappa shape index (κ3) is 4.26. The second kappa shape index (κ2) is 9.70. The Bertz CT molecular complexity index is 1850. The van der Waals surface area contributed by atoms with Crippen LogP contribution in [0.5, 0.6) is 0 Å². The van der Waals surface area contributed by atoms with Crippen molar-refractivity contribution in [1.29, 1.82) is 0 Å². The number of aromatic nitrogens is 5. The monoisotopic (exact) mass is 569 g/mol. The van der Waals surface area contributed by atoms with Crippen LogP contribution >= 0.6 is 0 Å². The number of rotatable bonds is 5. The predicted octanol–water partition coefficient (Wildman–Crippen LogP) is 5.13. The van der Waals surface area contributed by atoms with Crippen LogP contribution in [0.15, 0.2) is 47.5 Å². The molecular formula is C28H26F3N5O3S. The minimum Gasteiger partial charge on any atom is -0.381 e. The lowest BCUT2D eigenvalue weighted by Crippen LogP contribution is -2.28. The number of sulfone groups is 1. The van der Waals surface area contributed by atoms with Gasteiger partial charge in [-0.25, -0.2) is 26.3 Å². The molecule has 208 valence electrons. The van der Waals surface area contributed by atoms with Crippen molar-refractivity contribution in [2.75, 3.05) is 19.5 Å². The first-order chi connectivity index (χ1) is 19.1. The lowest BCUT2D eigenvalue weighted by molar-refractivity contribution is 0.0543. The Morgan fingerprint density at radius 2 is 1.75 bits per heavy atom. The fraction of sp³-hybridized carbons (Fsp3) is 0.321. The van der Waals surface area contributed by atoms with Gasteiger partial charge in [0, 0.05) is 61.4 Å². The molecule has 5 aromatic rings. The van der Waals surface area contributed by atoms with Gasteiger partial charge >= 0.3 is 0 Å². The van der Waals surface area contributed by atoms with E-state index in [1.54, 1.807) is 41.5 Å². The van der Waals surface area contributed by atoms with Gasteiger partial charge in [0.25, 0.3) is 0 Å². The molecule has 1 saturated heterocycles. The third-order valence-electron chi connectivity index (χ3n) is 7.63. The van der Waals surface area contributed by atoms with Gasteiger partial charge in [-0.1, -0.05) is 11.3 Å². The molecule has 0 N–H and O–H groups in total. The summed E-state index contributed by atoms with van der Waals surface area (Å²) in [6, 6.07) is 7.03. The van der Waals surface area contributed by atoms with Crippen LogP contribution in [0.1, 0.15) is 30.1 Å². The van der Waals surface area contributed by atoms with Crippen molar-refractivity contribution in [2.24, 2.45) is 13.0 Å². The number of hydrogen-bond donors (Lipinski definition) is 0. The zero-order chi connectivity index (χ0) is 28.3. The van der Waals surface area contributed by atoms with E-state index in [1.165, 1.54) is 6.07 Å². The first-order valence-corrected chi connectivity index (χ1v) is 14.7. The smallest absolute Gasteiger partial charge is 0.176 e. The average Bonchev–Trinajstić information content (AvgIpc) is 3.41. The van der Waals surface area contributed by atoms with Gasteiger partial charge < -0.3 is 9.30 Å². The summed E-state index contributed by atoms with van der Waals surface area (Å²) in [5.41, 5.74) is 2.99. The Labute approximate surface area is 228 Å². The zero-order valence-corrected chi connectivity index (χ0v) is 22.8. The van der Waals surface area contributed by atoms with Crippen LogP contribution in [0.25, 0.3) is 33.2 Å². The molecule has 1 fully saturated rings. The average molecular weight is 570 g/mol. The van der Waals surface area contributed by atoms with Crippen molar-refractivity contribution in [3.8, 4) is 11.3 Å². The summed E-state index contributed by atoms with van der Waals surface area (Å²) in [5, 5.41) is 8.55. The molecule has 2 aromatic carbocycles. The molecule has 40 heavy (non-hydrogen) atoms. The fourth-order valence-corrected chi connectivity index (χ4v) is 6.85. The Morgan fingerprint density at radius 1 is 1.05 bits per heavy atom. The molecule has 1 atom stereocenters. The minimum atomic E-state index is -3.71. The lowest BCUT2D eigenvalue weighted by atomic mass is 9.86. The SMILES string of the molecule is Cc1nnn(C)c1-c1cnc2c3c(S(C)(=O)=O)cccc3n([C@@H](c3c(F)cc(F)cc3F)C3CCOCC3)c2c1. The molecule has 8 nitrogen and oxygen atoms in total. The van der Waals surface area contributed by atoms with Crippen LogP contribution in [-0.2, 0) is 21.6 Å². The van der Waals surface area contributed by atoms with Crippen LogP contribution in [-0.4, -0.2) is 52.4 Å². The van der Waals surface area contributed by atoms with Gasteiger partial charge in [-0.2, -0.15) is 0 Å². The Balaban J connectivity index is 1.77. The summed E-state index contributed by atoms with van der Waals surface area (Å²) in [7, 11) is -1.97. The summed E-state index contributed by atoms with van der Waals surface area (Å²) in [4.78, 5) is 4.75. The predicted molar refractivity (Wildman–Crippen MR) is 143 cm³/mol. The molecule has 3 aromatic heterocycles. The number of aryl methyl sites for hydroxylation is 2. The fourth-order valence-electron chi connectivity index (χ4n) is 5.95. The van der Waals surface area contributed by atoms with Crippen LogP contribution in [0.3, 0.4) is 0 Å². The number of hydrogen-bond acceptors (Lipinski definition) is 6. The zero-order valence-electron chi connectivity index (χ0n) is 22.0. The maximum atomic E-state index is 15.5. The summed E-state index contributed by atoms with van der Waals surface area (Å²) >= 11 is 0. The van der Waals surface area contributed by atoms with E-state index in [0.29, 0.717) is 77.1 Å². The van der Waals surface area contributed by atoms with Crippen molar-refractivity contribution >= 4 is 31.8 Å². The number of nitrogens with zero attached hydrogens (tertiary/aromatic N) is 5. The third-order valence-corrected chi connectivity index (χ3v) is 8.77. The van der Waals surface area contributed by atoms with Gasteiger partial charge in [-0.05, 0) is 43.9 Å². The molecule has 0 bridgehead atoms. The van der Waals surface area contributed by atoms with Crippen LogP contribution in [0.4, 0.5) is 13.2 Å². The maximum Gasteiger partial charge on any atom is 0.176 e. The molecule has 0 unspecified atom stereocenters. The van der Waals surface area contributed by atoms with Crippen molar-refractivity contribution in [3.05, 3.63) is 71.3 Å². The molecule has 1 aliphatic heterocycles. The van der Waals surface area contributed by atoms with E-state index in [4.69, 9.17) is 9.72 Å². The number of pyridine rings is 1. The highest BCUT2D eigenvalue weighted by Gasteiger charge is 2.35. The van der Waals surface area contributed by atoms with Gasteiger partial charge in [-0.3, -0.25) is 4.98 Å². The molecule has 0 amide bonds. The largest absolute Gasteiger partial charge is 0.381 e. The van der Waals surface area contributed by atoms with E-state index in [9.17, 15) is 12.8 Å². The quantitative estimate of drug-likeness (QED) is 0.292. The van der Waals surface area contributed by atoms with E-state index in [1.807, 2.05) is 6.07 Å². The van der Waals surface area contributed by atoms with E-state index < -0.39 is 33.3 Å². The topological polar surface area (TPSA) is 91.9 Å². The first kappa shape index (κ1) is 26.5. The van der Waals surface area contributed by atoms with Crippen molar-refractivity contribution in [1.82, 2.24) is 24.5 Å². The molecule has 6 rings (SSSR count). The second-order valence-electron chi connectivity index (χ2n) is 10.2. The van der Waals surface area contributed by atoms with Crippen molar-refractivity contribution in [2.45, 2.75) is 30.7 Å². The Hall–Kier alpha value is -3.77. The van der Waals surface area contributed by atoms with Crippen LogP contribution in [0.2, 0.25) is 0 Å². The minimum absolute atomic E-state index is 0.0539. The molecule has 0 radical (unpaired) electrons. The molecule has 4 heterocycles. The van der Waals surface area contributed by atoms with E-state index in [0.717, 1.165) is 6.26 Å². The molecule has 1 aliphatic rings. The summed E-state index contributed by atoms with van der Waals surface area (Å²) in [6.45, 7) is 2.58. The van der Waals surface area contributed by atoms with Gasteiger partial charge in [-0.15, -0.1) is 5.10 Å².